The predicted molar refractivity (Wildman–Crippen MR) is 81.6 cm³/mol. The molecule has 3 rings (SSSR count). The van der Waals surface area contributed by atoms with Crippen molar-refractivity contribution in [2.45, 2.75) is 26.7 Å². The number of nitrogens with zero attached hydrogens (tertiary/aromatic N) is 4. The Morgan fingerprint density at radius 2 is 2.00 bits per heavy atom. The average Bonchev–Trinajstić information content (AvgIpc) is 2.87. The van der Waals surface area contributed by atoms with Crippen molar-refractivity contribution in [2.75, 3.05) is 0 Å². The van der Waals surface area contributed by atoms with Gasteiger partial charge in [0.15, 0.2) is 11.5 Å². The smallest absolute Gasteiger partial charge is 0.303 e. The molecule has 6 heteroatoms. The number of carbonyl (C=O) groups is 1. The van der Waals surface area contributed by atoms with Crippen molar-refractivity contribution in [1.82, 2.24) is 19.8 Å². The first-order valence-corrected chi connectivity index (χ1v) is 7.05. The van der Waals surface area contributed by atoms with Gasteiger partial charge in [-0.25, -0.2) is 0 Å². The number of aryl methyl sites for hydroxylation is 3. The van der Waals surface area contributed by atoms with Crippen LogP contribution in [0.5, 0.6) is 0 Å². The van der Waals surface area contributed by atoms with Crippen LogP contribution in [-0.4, -0.2) is 30.9 Å². The van der Waals surface area contributed by atoms with Crippen LogP contribution in [0.25, 0.3) is 16.9 Å². The van der Waals surface area contributed by atoms with Crippen LogP contribution in [0.4, 0.5) is 0 Å². The number of fused-ring (bicyclic) bond motifs is 1. The minimum atomic E-state index is -0.859. The summed E-state index contributed by atoms with van der Waals surface area (Å²) < 4.78 is 1.62. The molecule has 0 amide bonds. The zero-order chi connectivity index (χ0) is 15.7. The number of hydrogen-bond donors (Lipinski definition) is 1. The number of carboxylic acid groups (broad SMARTS) is 1. The quantitative estimate of drug-likeness (QED) is 0.799. The third-order valence-electron chi connectivity index (χ3n) is 3.55. The van der Waals surface area contributed by atoms with Crippen LogP contribution >= 0.6 is 0 Å². The summed E-state index contributed by atoms with van der Waals surface area (Å²) in [5, 5.41) is 21.4. The maximum absolute atomic E-state index is 10.7. The molecular weight excluding hydrogens is 280 g/mol. The van der Waals surface area contributed by atoms with Crippen LogP contribution in [-0.2, 0) is 11.2 Å². The number of benzene rings is 1. The molecule has 1 aromatic carbocycles. The van der Waals surface area contributed by atoms with Gasteiger partial charge in [0.1, 0.15) is 0 Å². The van der Waals surface area contributed by atoms with Crippen molar-refractivity contribution in [3.8, 4) is 11.3 Å². The van der Waals surface area contributed by atoms with E-state index in [0.29, 0.717) is 17.9 Å². The minimum absolute atomic E-state index is 0.0102. The van der Waals surface area contributed by atoms with Gasteiger partial charge in [0, 0.05) is 12.0 Å². The highest BCUT2D eigenvalue weighted by Gasteiger charge is 2.11. The van der Waals surface area contributed by atoms with E-state index in [1.165, 1.54) is 5.56 Å². The molecule has 0 radical (unpaired) electrons. The van der Waals surface area contributed by atoms with Crippen molar-refractivity contribution < 1.29 is 9.90 Å². The van der Waals surface area contributed by atoms with Crippen molar-refractivity contribution in [3.05, 3.63) is 47.3 Å². The molecule has 0 aliphatic heterocycles. The van der Waals surface area contributed by atoms with E-state index < -0.39 is 5.97 Å². The largest absolute Gasteiger partial charge is 0.481 e. The molecule has 0 spiro atoms. The van der Waals surface area contributed by atoms with Crippen LogP contribution in [0.15, 0.2) is 30.3 Å². The number of rotatable bonds is 4. The van der Waals surface area contributed by atoms with Gasteiger partial charge in [-0.2, -0.15) is 9.61 Å². The van der Waals surface area contributed by atoms with Gasteiger partial charge in [-0.3, -0.25) is 4.79 Å². The van der Waals surface area contributed by atoms with Crippen LogP contribution in [0.3, 0.4) is 0 Å². The van der Waals surface area contributed by atoms with Crippen LogP contribution in [0, 0.1) is 13.8 Å². The molecule has 2 aromatic heterocycles. The molecule has 0 aliphatic carbocycles. The summed E-state index contributed by atoms with van der Waals surface area (Å²) >= 11 is 0. The topological polar surface area (TPSA) is 80.4 Å². The summed E-state index contributed by atoms with van der Waals surface area (Å²) in [6, 6.07) is 9.95. The fraction of sp³-hybridized carbons (Fsp3) is 0.250. The highest BCUT2D eigenvalue weighted by Crippen LogP contribution is 2.22. The van der Waals surface area contributed by atoms with Gasteiger partial charge in [-0.15, -0.1) is 10.2 Å². The van der Waals surface area contributed by atoms with Gasteiger partial charge >= 0.3 is 5.97 Å². The molecule has 0 saturated heterocycles. The predicted octanol–water partition coefficient (Wildman–Crippen LogP) is 2.43. The lowest BCUT2D eigenvalue weighted by Gasteiger charge is -2.07. The van der Waals surface area contributed by atoms with Crippen molar-refractivity contribution in [2.24, 2.45) is 0 Å². The zero-order valence-electron chi connectivity index (χ0n) is 12.4. The Labute approximate surface area is 127 Å². The number of aliphatic carboxylic acids is 1. The van der Waals surface area contributed by atoms with Gasteiger partial charge in [0.2, 0.25) is 0 Å². The molecule has 0 atom stereocenters. The molecule has 3 aromatic rings. The normalized spacial score (nSPS) is 11.0. The first-order chi connectivity index (χ1) is 10.5. The average molecular weight is 296 g/mol. The summed E-state index contributed by atoms with van der Waals surface area (Å²) in [6.07, 6.45) is 0.316. The highest BCUT2D eigenvalue weighted by atomic mass is 16.4. The lowest BCUT2D eigenvalue weighted by Crippen LogP contribution is -2.04. The molecule has 0 bridgehead atoms. The zero-order valence-corrected chi connectivity index (χ0v) is 12.4. The van der Waals surface area contributed by atoms with E-state index in [2.05, 4.69) is 28.3 Å². The van der Waals surface area contributed by atoms with Gasteiger partial charge in [-0.1, -0.05) is 23.8 Å². The summed E-state index contributed by atoms with van der Waals surface area (Å²) in [5.74, 6) is -0.300. The summed E-state index contributed by atoms with van der Waals surface area (Å²) in [7, 11) is 0. The summed E-state index contributed by atoms with van der Waals surface area (Å²) in [6.45, 7) is 4.10. The molecule has 1 N–H and O–H groups in total. The third-order valence-corrected chi connectivity index (χ3v) is 3.55. The first kappa shape index (κ1) is 14.2. The van der Waals surface area contributed by atoms with Gasteiger partial charge in [0.05, 0.1) is 12.1 Å². The molecule has 0 saturated carbocycles. The van der Waals surface area contributed by atoms with Crippen LogP contribution in [0.2, 0.25) is 0 Å². The number of hydrogen-bond acceptors (Lipinski definition) is 4. The van der Waals surface area contributed by atoms with E-state index in [1.54, 1.807) is 4.52 Å². The monoisotopic (exact) mass is 296 g/mol. The Morgan fingerprint density at radius 3 is 2.73 bits per heavy atom. The van der Waals surface area contributed by atoms with E-state index >= 15 is 0 Å². The second-order valence-electron chi connectivity index (χ2n) is 5.32. The van der Waals surface area contributed by atoms with E-state index in [4.69, 9.17) is 5.11 Å². The standard InChI is InChI=1S/C16H16N4O2/c1-10-3-4-12(11(2)9-10)13-5-6-14-17-18-15(20(14)19-13)7-8-16(21)22/h3-6,9H,7-8H2,1-2H3,(H,21,22). The fourth-order valence-electron chi connectivity index (χ4n) is 2.45. The Hall–Kier alpha value is -2.76. The maximum atomic E-state index is 10.7. The van der Waals surface area contributed by atoms with E-state index in [1.807, 2.05) is 31.2 Å². The third kappa shape index (κ3) is 2.67. The Balaban J connectivity index is 2.04. The van der Waals surface area contributed by atoms with Gasteiger partial charge in [0.25, 0.3) is 0 Å². The molecule has 6 nitrogen and oxygen atoms in total. The van der Waals surface area contributed by atoms with Crippen molar-refractivity contribution in [1.29, 1.82) is 0 Å². The lowest BCUT2D eigenvalue weighted by molar-refractivity contribution is -0.137. The van der Waals surface area contributed by atoms with Crippen LogP contribution in [0.1, 0.15) is 23.4 Å². The lowest BCUT2D eigenvalue weighted by atomic mass is 10.0. The van der Waals surface area contributed by atoms with Gasteiger partial charge < -0.3 is 5.11 Å². The van der Waals surface area contributed by atoms with Crippen molar-refractivity contribution in [3.63, 3.8) is 0 Å². The molecule has 2 heterocycles. The first-order valence-electron chi connectivity index (χ1n) is 7.05. The summed E-state index contributed by atoms with van der Waals surface area (Å²) in [4.78, 5) is 10.7. The summed E-state index contributed by atoms with van der Waals surface area (Å²) in [5.41, 5.74) is 4.83. The SMILES string of the molecule is Cc1ccc(-c2ccc3nnc(CCC(=O)O)n3n2)c(C)c1. The second kappa shape index (κ2) is 5.55. The fourth-order valence-corrected chi connectivity index (χ4v) is 2.45. The number of carboxylic acids is 1. The van der Waals surface area contributed by atoms with E-state index in [0.717, 1.165) is 16.8 Å². The molecule has 0 unspecified atom stereocenters. The minimum Gasteiger partial charge on any atom is -0.481 e. The van der Waals surface area contributed by atoms with Crippen LogP contribution < -0.4 is 0 Å². The molecule has 112 valence electrons. The van der Waals surface area contributed by atoms with E-state index in [-0.39, 0.29) is 6.42 Å². The molecule has 22 heavy (non-hydrogen) atoms. The molecule has 0 aliphatic rings. The Bertz CT molecular complexity index is 854. The van der Waals surface area contributed by atoms with Gasteiger partial charge in [-0.05, 0) is 31.5 Å². The Kier molecular flexibility index (Phi) is 3.58. The second-order valence-corrected chi connectivity index (χ2v) is 5.32. The Morgan fingerprint density at radius 1 is 1.18 bits per heavy atom. The number of aromatic nitrogens is 4. The van der Waals surface area contributed by atoms with Crippen molar-refractivity contribution >= 4 is 11.6 Å². The maximum Gasteiger partial charge on any atom is 0.303 e. The molecule has 0 fully saturated rings. The molecular formula is C16H16N4O2. The van der Waals surface area contributed by atoms with E-state index in [9.17, 15) is 4.79 Å². The highest BCUT2D eigenvalue weighted by molar-refractivity contribution is 5.67.